The lowest BCUT2D eigenvalue weighted by atomic mass is 10.1. The standard InChI is InChI=1S/C12H25N3O4S/c1-4-19-12(16)14-20(17,18)15(10(2)3)9-11-7-5-6-8-13-11/h10-11,13H,4-9H2,1-3H3,(H,14,16). The van der Waals surface area contributed by atoms with E-state index in [0.29, 0.717) is 6.54 Å². The predicted octanol–water partition coefficient (Wildman–Crippen LogP) is 0.830. The third-order valence-corrected chi connectivity index (χ3v) is 4.80. The number of piperidine rings is 1. The van der Waals surface area contributed by atoms with E-state index in [2.05, 4.69) is 10.1 Å². The van der Waals surface area contributed by atoms with Crippen LogP contribution < -0.4 is 10.0 Å². The summed E-state index contributed by atoms with van der Waals surface area (Å²) in [7, 11) is -3.87. The Labute approximate surface area is 121 Å². The van der Waals surface area contributed by atoms with Crippen molar-refractivity contribution in [3.05, 3.63) is 0 Å². The number of carbonyl (C=O) groups excluding carboxylic acids is 1. The van der Waals surface area contributed by atoms with Crippen molar-refractivity contribution in [2.75, 3.05) is 19.7 Å². The number of ether oxygens (including phenoxy) is 1. The summed E-state index contributed by atoms with van der Waals surface area (Å²) in [5.74, 6) is 0. The second-order valence-corrected chi connectivity index (χ2v) is 6.76. The van der Waals surface area contributed by atoms with Gasteiger partial charge in [-0.3, -0.25) is 0 Å². The van der Waals surface area contributed by atoms with Gasteiger partial charge in [-0.2, -0.15) is 12.7 Å². The van der Waals surface area contributed by atoms with Crippen molar-refractivity contribution in [2.45, 2.75) is 52.1 Å². The second kappa shape index (κ2) is 7.80. The zero-order valence-electron chi connectivity index (χ0n) is 12.4. The minimum absolute atomic E-state index is 0.130. The average Bonchev–Trinajstić information content (AvgIpc) is 2.36. The first-order valence-electron chi connectivity index (χ1n) is 7.06. The first-order chi connectivity index (χ1) is 9.36. The van der Waals surface area contributed by atoms with E-state index < -0.39 is 16.3 Å². The topological polar surface area (TPSA) is 87.7 Å². The molecule has 1 aliphatic heterocycles. The summed E-state index contributed by atoms with van der Waals surface area (Å²) in [6.45, 7) is 6.58. The summed E-state index contributed by atoms with van der Waals surface area (Å²) in [4.78, 5) is 11.3. The van der Waals surface area contributed by atoms with Crippen LogP contribution in [0, 0.1) is 0 Å². The zero-order chi connectivity index (χ0) is 15.2. The van der Waals surface area contributed by atoms with Crippen molar-refractivity contribution in [3.63, 3.8) is 0 Å². The van der Waals surface area contributed by atoms with Crippen molar-refractivity contribution in [1.29, 1.82) is 0 Å². The van der Waals surface area contributed by atoms with Gasteiger partial charge in [-0.25, -0.2) is 9.52 Å². The molecule has 1 aliphatic rings. The lowest BCUT2D eigenvalue weighted by molar-refractivity contribution is 0.157. The van der Waals surface area contributed by atoms with Crippen molar-refractivity contribution in [3.8, 4) is 0 Å². The molecule has 118 valence electrons. The van der Waals surface area contributed by atoms with Gasteiger partial charge in [0.2, 0.25) is 0 Å². The molecule has 0 bridgehead atoms. The van der Waals surface area contributed by atoms with Gasteiger partial charge >= 0.3 is 16.3 Å². The minimum atomic E-state index is -3.87. The van der Waals surface area contributed by atoms with Crippen LogP contribution in [0.1, 0.15) is 40.0 Å². The van der Waals surface area contributed by atoms with Crippen molar-refractivity contribution < 1.29 is 17.9 Å². The van der Waals surface area contributed by atoms with Gasteiger partial charge < -0.3 is 10.1 Å². The monoisotopic (exact) mass is 307 g/mol. The molecular formula is C12H25N3O4S. The minimum Gasteiger partial charge on any atom is -0.449 e. The molecular weight excluding hydrogens is 282 g/mol. The number of hydrogen-bond acceptors (Lipinski definition) is 5. The van der Waals surface area contributed by atoms with Crippen molar-refractivity contribution in [1.82, 2.24) is 14.3 Å². The maximum Gasteiger partial charge on any atom is 0.421 e. The summed E-state index contributed by atoms with van der Waals surface area (Å²) >= 11 is 0. The highest BCUT2D eigenvalue weighted by Crippen LogP contribution is 2.13. The Morgan fingerprint density at radius 3 is 2.65 bits per heavy atom. The number of carbonyl (C=O) groups is 1. The van der Waals surface area contributed by atoms with Gasteiger partial charge in [-0.05, 0) is 40.2 Å². The highest BCUT2D eigenvalue weighted by atomic mass is 32.2. The largest absolute Gasteiger partial charge is 0.449 e. The van der Waals surface area contributed by atoms with Gasteiger partial charge in [0.1, 0.15) is 0 Å². The normalized spacial score (nSPS) is 20.1. The zero-order valence-corrected chi connectivity index (χ0v) is 13.2. The predicted molar refractivity (Wildman–Crippen MR) is 76.6 cm³/mol. The smallest absolute Gasteiger partial charge is 0.421 e. The summed E-state index contributed by atoms with van der Waals surface area (Å²) < 4.78 is 32.3. The van der Waals surface area contributed by atoms with Gasteiger partial charge in [0.25, 0.3) is 0 Å². The highest BCUT2D eigenvalue weighted by Gasteiger charge is 2.30. The van der Waals surface area contributed by atoms with Gasteiger partial charge in [0.15, 0.2) is 0 Å². The second-order valence-electron chi connectivity index (χ2n) is 5.14. The van der Waals surface area contributed by atoms with Crippen LogP contribution in [0.5, 0.6) is 0 Å². The molecule has 0 saturated carbocycles. The molecule has 0 aliphatic carbocycles. The van der Waals surface area contributed by atoms with E-state index in [0.717, 1.165) is 25.8 Å². The molecule has 1 fully saturated rings. The summed E-state index contributed by atoms with van der Waals surface area (Å²) in [6, 6.07) is -0.101. The summed E-state index contributed by atoms with van der Waals surface area (Å²) in [5.41, 5.74) is 0. The summed E-state index contributed by atoms with van der Waals surface area (Å²) in [6.07, 6.45) is 2.22. The molecule has 1 atom stereocenters. The fraction of sp³-hybridized carbons (Fsp3) is 0.917. The Morgan fingerprint density at radius 1 is 1.45 bits per heavy atom. The van der Waals surface area contributed by atoms with E-state index in [-0.39, 0.29) is 18.7 Å². The van der Waals surface area contributed by atoms with E-state index in [1.807, 2.05) is 4.72 Å². The van der Waals surface area contributed by atoms with Crippen LogP contribution in [-0.4, -0.2) is 50.6 Å². The third kappa shape index (κ3) is 5.26. The SMILES string of the molecule is CCOC(=O)NS(=O)(=O)N(CC1CCCCN1)C(C)C. The average molecular weight is 307 g/mol. The summed E-state index contributed by atoms with van der Waals surface area (Å²) in [5, 5.41) is 3.30. The lowest BCUT2D eigenvalue weighted by Gasteiger charge is -2.32. The van der Waals surface area contributed by atoms with E-state index in [4.69, 9.17) is 0 Å². The number of rotatable bonds is 6. The molecule has 0 aromatic carbocycles. The Kier molecular flexibility index (Phi) is 6.70. The molecule has 0 radical (unpaired) electrons. The number of nitrogens with zero attached hydrogens (tertiary/aromatic N) is 1. The van der Waals surface area contributed by atoms with E-state index in [1.54, 1.807) is 20.8 Å². The molecule has 1 heterocycles. The lowest BCUT2D eigenvalue weighted by Crippen LogP contribution is -2.52. The van der Waals surface area contributed by atoms with Gasteiger partial charge in [-0.1, -0.05) is 6.42 Å². The molecule has 7 nitrogen and oxygen atoms in total. The number of amides is 1. The molecule has 20 heavy (non-hydrogen) atoms. The number of nitrogens with one attached hydrogen (secondary N) is 2. The molecule has 0 aromatic rings. The molecule has 1 unspecified atom stereocenters. The van der Waals surface area contributed by atoms with E-state index in [9.17, 15) is 13.2 Å². The van der Waals surface area contributed by atoms with Crippen LogP contribution in [0.3, 0.4) is 0 Å². The fourth-order valence-electron chi connectivity index (χ4n) is 2.21. The number of hydrogen-bond donors (Lipinski definition) is 2. The maximum atomic E-state index is 12.2. The quantitative estimate of drug-likeness (QED) is 0.759. The van der Waals surface area contributed by atoms with E-state index in [1.165, 1.54) is 4.31 Å². The molecule has 1 rings (SSSR count). The third-order valence-electron chi connectivity index (χ3n) is 3.19. The van der Waals surface area contributed by atoms with Gasteiger partial charge in [0.05, 0.1) is 6.61 Å². The highest BCUT2D eigenvalue weighted by molar-refractivity contribution is 7.87. The van der Waals surface area contributed by atoms with Gasteiger partial charge in [0, 0.05) is 18.6 Å². The molecule has 1 saturated heterocycles. The fourth-order valence-corrected chi connectivity index (χ4v) is 3.53. The van der Waals surface area contributed by atoms with Crippen molar-refractivity contribution >= 4 is 16.3 Å². The van der Waals surface area contributed by atoms with Crippen LogP contribution in [-0.2, 0) is 14.9 Å². The van der Waals surface area contributed by atoms with Crippen LogP contribution in [0.15, 0.2) is 0 Å². The van der Waals surface area contributed by atoms with Crippen LogP contribution >= 0.6 is 0 Å². The molecule has 1 amide bonds. The Balaban J connectivity index is 2.70. The van der Waals surface area contributed by atoms with Gasteiger partial charge in [-0.15, -0.1) is 0 Å². The van der Waals surface area contributed by atoms with E-state index >= 15 is 0 Å². The van der Waals surface area contributed by atoms with Crippen LogP contribution in [0.4, 0.5) is 4.79 Å². The molecule has 0 spiro atoms. The molecule has 0 aromatic heterocycles. The Morgan fingerprint density at radius 2 is 2.15 bits per heavy atom. The maximum absolute atomic E-state index is 12.2. The van der Waals surface area contributed by atoms with Crippen LogP contribution in [0.2, 0.25) is 0 Å². The molecule has 2 N–H and O–H groups in total. The Hall–Kier alpha value is -0.860. The first-order valence-corrected chi connectivity index (χ1v) is 8.50. The van der Waals surface area contributed by atoms with Crippen LogP contribution in [0.25, 0.3) is 0 Å². The first kappa shape index (κ1) is 17.2. The Bertz CT molecular complexity index is 405. The molecule has 8 heteroatoms. The van der Waals surface area contributed by atoms with Crippen molar-refractivity contribution in [2.24, 2.45) is 0 Å².